The van der Waals surface area contributed by atoms with Crippen LogP contribution < -0.4 is 5.32 Å². The second kappa shape index (κ2) is 9.61. The molecule has 3 aromatic carbocycles. The number of carbonyl (C=O) groups is 1. The van der Waals surface area contributed by atoms with E-state index in [-0.39, 0.29) is 5.91 Å². The lowest BCUT2D eigenvalue weighted by molar-refractivity contribution is -0.121. The highest BCUT2D eigenvalue weighted by Crippen LogP contribution is 2.25. The molecule has 1 heterocycles. The van der Waals surface area contributed by atoms with Crippen molar-refractivity contribution >= 4 is 5.91 Å². The van der Waals surface area contributed by atoms with Gasteiger partial charge in [0.05, 0.1) is 11.4 Å². The molecule has 0 unspecified atom stereocenters. The normalized spacial score (nSPS) is 10.5. The molecule has 4 nitrogen and oxygen atoms in total. The Morgan fingerprint density at radius 1 is 0.733 bits per heavy atom. The number of benzene rings is 3. The lowest BCUT2D eigenvalue weighted by Gasteiger charge is -2.12. The first-order valence-corrected chi connectivity index (χ1v) is 10.1. The third kappa shape index (κ3) is 4.97. The summed E-state index contributed by atoms with van der Waals surface area (Å²) in [7, 11) is 0. The van der Waals surface area contributed by atoms with Gasteiger partial charge < -0.3 is 5.32 Å². The van der Waals surface area contributed by atoms with E-state index < -0.39 is 0 Å². The summed E-state index contributed by atoms with van der Waals surface area (Å²) < 4.78 is 0. The zero-order valence-electron chi connectivity index (χ0n) is 16.7. The van der Waals surface area contributed by atoms with Gasteiger partial charge in [-0.1, -0.05) is 91.0 Å². The number of amides is 1. The lowest BCUT2D eigenvalue weighted by atomic mass is 10.0. The van der Waals surface area contributed by atoms with Crippen molar-refractivity contribution in [2.24, 2.45) is 0 Å². The molecule has 1 N–H and O–H groups in total. The summed E-state index contributed by atoms with van der Waals surface area (Å²) in [5, 5.41) is 12.0. The van der Waals surface area contributed by atoms with Crippen molar-refractivity contribution in [3.05, 3.63) is 108 Å². The fourth-order valence-corrected chi connectivity index (χ4v) is 3.34. The molecule has 4 heteroatoms. The SMILES string of the molecule is O=C(CCc1ccccc1)NCc1cc(-c2ccccc2)nnc1-c1ccccc1. The highest BCUT2D eigenvalue weighted by atomic mass is 16.1. The summed E-state index contributed by atoms with van der Waals surface area (Å²) in [6, 6.07) is 32.0. The number of nitrogens with zero attached hydrogens (tertiary/aromatic N) is 2. The van der Waals surface area contributed by atoms with Crippen LogP contribution in [0, 0.1) is 0 Å². The number of rotatable bonds is 7. The predicted molar refractivity (Wildman–Crippen MR) is 120 cm³/mol. The van der Waals surface area contributed by atoms with E-state index >= 15 is 0 Å². The molecule has 0 saturated carbocycles. The molecule has 0 aliphatic rings. The average Bonchev–Trinajstić information content (AvgIpc) is 2.83. The molecular formula is C26H23N3O. The number of hydrogen-bond donors (Lipinski definition) is 1. The maximum atomic E-state index is 12.4. The van der Waals surface area contributed by atoms with Crippen molar-refractivity contribution in [1.82, 2.24) is 15.5 Å². The molecule has 30 heavy (non-hydrogen) atoms. The summed E-state index contributed by atoms with van der Waals surface area (Å²) in [5.41, 5.74) is 5.68. The fourth-order valence-electron chi connectivity index (χ4n) is 3.34. The van der Waals surface area contributed by atoms with E-state index in [0.717, 1.165) is 40.1 Å². The number of carbonyl (C=O) groups excluding carboxylic acids is 1. The maximum Gasteiger partial charge on any atom is 0.220 e. The second-order valence-corrected chi connectivity index (χ2v) is 7.10. The van der Waals surface area contributed by atoms with Crippen molar-refractivity contribution < 1.29 is 4.79 Å². The van der Waals surface area contributed by atoms with Gasteiger partial charge in [-0.15, -0.1) is 10.2 Å². The smallest absolute Gasteiger partial charge is 0.220 e. The van der Waals surface area contributed by atoms with Gasteiger partial charge in [-0.05, 0) is 18.1 Å². The van der Waals surface area contributed by atoms with E-state index in [2.05, 4.69) is 15.5 Å². The van der Waals surface area contributed by atoms with Crippen LogP contribution in [-0.4, -0.2) is 16.1 Å². The van der Waals surface area contributed by atoms with Crippen LogP contribution in [0.4, 0.5) is 0 Å². The van der Waals surface area contributed by atoms with E-state index in [1.165, 1.54) is 0 Å². The second-order valence-electron chi connectivity index (χ2n) is 7.10. The van der Waals surface area contributed by atoms with Gasteiger partial charge in [0.15, 0.2) is 0 Å². The Kier molecular flexibility index (Phi) is 6.25. The summed E-state index contributed by atoms with van der Waals surface area (Å²) in [4.78, 5) is 12.4. The highest BCUT2D eigenvalue weighted by Gasteiger charge is 2.12. The molecule has 0 fully saturated rings. The van der Waals surface area contributed by atoms with Gasteiger partial charge in [0.2, 0.25) is 5.91 Å². The topological polar surface area (TPSA) is 54.9 Å². The Morgan fingerprint density at radius 2 is 1.33 bits per heavy atom. The quantitative estimate of drug-likeness (QED) is 0.477. The molecule has 0 spiro atoms. The van der Waals surface area contributed by atoms with Crippen LogP contribution in [0.2, 0.25) is 0 Å². The number of nitrogens with one attached hydrogen (secondary N) is 1. The van der Waals surface area contributed by atoms with E-state index in [1.807, 2.05) is 97.1 Å². The molecule has 4 aromatic rings. The molecule has 148 valence electrons. The van der Waals surface area contributed by atoms with E-state index in [9.17, 15) is 4.79 Å². The first-order valence-electron chi connectivity index (χ1n) is 10.1. The molecule has 4 rings (SSSR count). The minimum Gasteiger partial charge on any atom is -0.352 e. The van der Waals surface area contributed by atoms with Gasteiger partial charge in [0.1, 0.15) is 0 Å². The number of aryl methyl sites for hydroxylation is 1. The molecule has 1 aromatic heterocycles. The summed E-state index contributed by atoms with van der Waals surface area (Å²) in [6.07, 6.45) is 1.18. The van der Waals surface area contributed by atoms with Gasteiger partial charge >= 0.3 is 0 Å². The van der Waals surface area contributed by atoms with Crippen LogP contribution >= 0.6 is 0 Å². The van der Waals surface area contributed by atoms with E-state index in [1.54, 1.807) is 0 Å². The third-order valence-corrected chi connectivity index (χ3v) is 4.95. The Morgan fingerprint density at radius 3 is 2.00 bits per heavy atom. The largest absolute Gasteiger partial charge is 0.352 e. The van der Waals surface area contributed by atoms with Gasteiger partial charge in [0.25, 0.3) is 0 Å². The Balaban J connectivity index is 1.52. The molecular weight excluding hydrogens is 370 g/mol. The Labute approximate surface area is 176 Å². The Bertz CT molecular complexity index is 1100. The van der Waals surface area contributed by atoms with Crippen LogP contribution in [0.1, 0.15) is 17.5 Å². The third-order valence-electron chi connectivity index (χ3n) is 4.95. The van der Waals surface area contributed by atoms with E-state index in [4.69, 9.17) is 0 Å². The molecule has 0 aliphatic carbocycles. The van der Waals surface area contributed by atoms with E-state index in [0.29, 0.717) is 13.0 Å². The highest BCUT2D eigenvalue weighted by molar-refractivity contribution is 5.77. The molecule has 0 saturated heterocycles. The minimum atomic E-state index is 0.0240. The van der Waals surface area contributed by atoms with Gasteiger partial charge in [-0.25, -0.2) is 0 Å². The first-order chi connectivity index (χ1) is 14.8. The van der Waals surface area contributed by atoms with Crippen molar-refractivity contribution in [2.45, 2.75) is 19.4 Å². The number of aromatic nitrogens is 2. The minimum absolute atomic E-state index is 0.0240. The summed E-state index contributed by atoms with van der Waals surface area (Å²) >= 11 is 0. The molecule has 0 bridgehead atoms. The van der Waals surface area contributed by atoms with Crippen LogP contribution in [0.5, 0.6) is 0 Å². The number of hydrogen-bond acceptors (Lipinski definition) is 3. The van der Waals surface area contributed by atoms with Crippen molar-refractivity contribution in [2.75, 3.05) is 0 Å². The van der Waals surface area contributed by atoms with Crippen LogP contribution in [0.25, 0.3) is 22.5 Å². The lowest BCUT2D eigenvalue weighted by Crippen LogP contribution is -2.23. The van der Waals surface area contributed by atoms with Crippen LogP contribution in [-0.2, 0) is 17.8 Å². The van der Waals surface area contributed by atoms with Gasteiger partial charge in [-0.3, -0.25) is 4.79 Å². The van der Waals surface area contributed by atoms with Crippen molar-refractivity contribution in [3.8, 4) is 22.5 Å². The summed E-state index contributed by atoms with van der Waals surface area (Å²) in [5.74, 6) is 0.0240. The zero-order chi connectivity index (χ0) is 20.6. The molecule has 0 aliphatic heterocycles. The monoisotopic (exact) mass is 393 g/mol. The molecule has 1 amide bonds. The molecule has 0 atom stereocenters. The standard InChI is InChI=1S/C26H23N3O/c30-25(17-16-20-10-4-1-5-11-20)27-19-23-18-24(21-12-6-2-7-13-21)28-29-26(23)22-14-8-3-9-15-22/h1-15,18H,16-17,19H2,(H,27,30). The van der Waals surface area contributed by atoms with Crippen LogP contribution in [0.15, 0.2) is 97.1 Å². The summed E-state index contributed by atoms with van der Waals surface area (Å²) in [6.45, 7) is 0.410. The molecule has 0 radical (unpaired) electrons. The fraction of sp³-hybridized carbons (Fsp3) is 0.115. The van der Waals surface area contributed by atoms with Crippen LogP contribution in [0.3, 0.4) is 0 Å². The van der Waals surface area contributed by atoms with Gasteiger partial charge in [-0.2, -0.15) is 0 Å². The van der Waals surface area contributed by atoms with Crippen molar-refractivity contribution in [3.63, 3.8) is 0 Å². The van der Waals surface area contributed by atoms with Gasteiger partial charge in [0, 0.05) is 29.7 Å². The first kappa shape index (κ1) is 19.5. The Hall–Kier alpha value is -3.79. The van der Waals surface area contributed by atoms with Crippen molar-refractivity contribution in [1.29, 1.82) is 0 Å². The predicted octanol–water partition coefficient (Wildman–Crippen LogP) is 5.06. The maximum absolute atomic E-state index is 12.4. The zero-order valence-corrected chi connectivity index (χ0v) is 16.7. The average molecular weight is 393 g/mol.